The van der Waals surface area contributed by atoms with Gasteiger partial charge in [0.15, 0.2) is 0 Å². The maximum atomic E-state index is 12.1. The average Bonchev–Trinajstić information content (AvgIpc) is 2.38. The molecule has 5 heteroatoms. The van der Waals surface area contributed by atoms with Crippen LogP contribution in [0.15, 0.2) is 18.2 Å². The van der Waals surface area contributed by atoms with Crippen molar-refractivity contribution in [2.75, 3.05) is 25.5 Å². The quantitative estimate of drug-likeness (QED) is 0.792. The number of amides is 1. The zero-order valence-corrected chi connectivity index (χ0v) is 9.89. The number of aliphatic hydroxyl groups is 1. The highest BCUT2D eigenvalue weighted by Crippen LogP contribution is 2.13. The van der Waals surface area contributed by atoms with Gasteiger partial charge in [0.2, 0.25) is 0 Å². The molecule has 17 heavy (non-hydrogen) atoms. The van der Waals surface area contributed by atoms with E-state index in [4.69, 9.17) is 0 Å². The number of rotatable bonds is 2. The van der Waals surface area contributed by atoms with Gasteiger partial charge in [-0.3, -0.25) is 4.79 Å². The second-order valence-electron chi connectivity index (χ2n) is 4.21. The van der Waals surface area contributed by atoms with Crippen LogP contribution >= 0.6 is 0 Å². The van der Waals surface area contributed by atoms with Crippen molar-refractivity contribution in [3.8, 4) is 0 Å². The van der Waals surface area contributed by atoms with E-state index >= 15 is 0 Å². The molecule has 1 aromatic heterocycles. The number of hydrogen-bond acceptors (Lipinski definition) is 4. The third-order valence-corrected chi connectivity index (χ3v) is 2.91. The molecule has 2 rings (SSSR count). The van der Waals surface area contributed by atoms with E-state index in [0.717, 1.165) is 12.8 Å². The Morgan fingerprint density at radius 2 is 2.41 bits per heavy atom. The lowest BCUT2D eigenvalue weighted by atomic mass is 10.1. The van der Waals surface area contributed by atoms with Crippen LogP contribution in [0.5, 0.6) is 0 Å². The van der Waals surface area contributed by atoms with Gasteiger partial charge in [0, 0.05) is 20.1 Å². The fourth-order valence-electron chi connectivity index (χ4n) is 1.99. The molecule has 92 valence electrons. The van der Waals surface area contributed by atoms with E-state index in [2.05, 4.69) is 10.3 Å². The number of aliphatic hydroxyl groups excluding tert-OH is 1. The number of pyridine rings is 1. The van der Waals surface area contributed by atoms with Crippen LogP contribution in [0.2, 0.25) is 0 Å². The van der Waals surface area contributed by atoms with Crippen LogP contribution in [-0.2, 0) is 0 Å². The molecule has 0 saturated carbocycles. The van der Waals surface area contributed by atoms with Crippen molar-refractivity contribution >= 4 is 11.7 Å². The summed E-state index contributed by atoms with van der Waals surface area (Å²) in [5, 5.41) is 12.5. The highest BCUT2D eigenvalue weighted by molar-refractivity contribution is 5.92. The third-order valence-electron chi connectivity index (χ3n) is 2.91. The van der Waals surface area contributed by atoms with Gasteiger partial charge in [0.05, 0.1) is 6.10 Å². The van der Waals surface area contributed by atoms with E-state index in [1.54, 1.807) is 24.1 Å². The van der Waals surface area contributed by atoms with Crippen molar-refractivity contribution in [3.05, 3.63) is 23.9 Å². The molecule has 0 radical (unpaired) electrons. The van der Waals surface area contributed by atoms with Crippen molar-refractivity contribution in [2.45, 2.75) is 18.9 Å². The Morgan fingerprint density at radius 3 is 3.12 bits per heavy atom. The number of aromatic nitrogens is 1. The van der Waals surface area contributed by atoms with Crippen LogP contribution < -0.4 is 5.32 Å². The molecule has 1 saturated heterocycles. The normalized spacial score (nSPS) is 20.1. The smallest absolute Gasteiger partial charge is 0.272 e. The van der Waals surface area contributed by atoms with Gasteiger partial charge in [-0.2, -0.15) is 0 Å². The fraction of sp³-hybridized carbons (Fsp3) is 0.500. The highest BCUT2D eigenvalue weighted by atomic mass is 16.3. The number of β-amino-alcohol motifs (C(OH)–C–C–N with tert-alkyl or cyclic N) is 1. The van der Waals surface area contributed by atoms with Gasteiger partial charge in [0.1, 0.15) is 11.5 Å². The Bertz CT molecular complexity index is 408. The topological polar surface area (TPSA) is 65.5 Å². The van der Waals surface area contributed by atoms with Gasteiger partial charge in [-0.15, -0.1) is 0 Å². The van der Waals surface area contributed by atoms with E-state index in [-0.39, 0.29) is 5.91 Å². The molecule has 2 N–H and O–H groups in total. The molecule has 1 amide bonds. The van der Waals surface area contributed by atoms with Crippen molar-refractivity contribution < 1.29 is 9.90 Å². The molecule has 5 nitrogen and oxygen atoms in total. The minimum absolute atomic E-state index is 0.110. The molecule has 1 unspecified atom stereocenters. The Morgan fingerprint density at radius 1 is 1.59 bits per heavy atom. The van der Waals surface area contributed by atoms with Crippen LogP contribution in [0.1, 0.15) is 23.3 Å². The summed E-state index contributed by atoms with van der Waals surface area (Å²) in [6.07, 6.45) is 1.21. The van der Waals surface area contributed by atoms with Crippen molar-refractivity contribution in [3.63, 3.8) is 0 Å². The first kappa shape index (κ1) is 11.9. The standard InChI is InChI=1S/C12H17N3O2/c1-13-11-6-2-5-10(14-11)12(17)15-7-3-4-9(16)8-15/h2,5-6,9,16H,3-4,7-8H2,1H3,(H,13,14). The molecule has 0 aromatic carbocycles. The zero-order valence-electron chi connectivity index (χ0n) is 9.89. The number of hydrogen-bond donors (Lipinski definition) is 2. The van der Waals surface area contributed by atoms with E-state index < -0.39 is 6.10 Å². The number of nitrogens with zero attached hydrogens (tertiary/aromatic N) is 2. The van der Waals surface area contributed by atoms with Gasteiger partial charge >= 0.3 is 0 Å². The minimum atomic E-state index is -0.403. The molecule has 0 bridgehead atoms. The molecule has 2 heterocycles. The third kappa shape index (κ3) is 2.74. The Balaban J connectivity index is 2.12. The second kappa shape index (κ2) is 5.14. The Kier molecular flexibility index (Phi) is 3.58. The molecule has 0 aliphatic carbocycles. The van der Waals surface area contributed by atoms with E-state index in [1.165, 1.54) is 0 Å². The van der Waals surface area contributed by atoms with Crippen LogP contribution in [-0.4, -0.2) is 47.1 Å². The lowest BCUT2D eigenvalue weighted by Gasteiger charge is -2.29. The summed E-state index contributed by atoms with van der Waals surface area (Å²) >= 11 is 0. The first-order valence-corrected chi connectivity index (χ1v) is 5.83. The number of likely N-dealkylation sites (tertiary alicyclic amines) is 1. The van der Waals surface area contributed by atoms with E-state index in [0.29, 0.717) is 24.6 Å². The predicted octanol–water partition coefficient (Wildman–Crippen LogP) is 0.720. The van der Waals surface area contributed by atoms with Gasteiger partial charge in [-0.25, -0.2) is 4.98 Å². The molecular formula is C12H17N3O2. The molecule has 1 aromatic rings. The summed E-state index contributed by atoms with van der Waals surface area (Å²) in [6, 6.07) is 5.30. The van der Waals surface area contributed by atoms with Gasteiger partial charge in [0.25, 0.3) is 5.91 Å². The number of piperidine rings is 1. The number of nitrogens with one attached hydrogen (secondary N) is 1. The van der Waals surface area contributed by atoms with Gasteiger partial charge < -0.3 is 15.3 Å². The van der Waals surface area contributed by atoms with E-state index in [9.17, 15) is 9.90 Å². The maximum Gasteiger partial charge on any atom is 0.272 e. The van der Waals surface area contributed by atoms with Crippen molar-refractivity contribution in [2.24, 2.45) is 0 Å². The minimum Gasteiger partial charge on any atom is -0.391 e. The molecule has 1 aliphatic heterocycles. The summed E-state index contributed by atoms with van der Waals surface area (Å²) in [4.78, 5) is 18.0. The molecular weight excluding hydrogens is 218 g/mol. The fourth-order valence-corrected chi connectivity index (χ4v) is 1.99. The molecule has 1 aliphatic rings. The lowest BCUT2D eigenvalue weighted by molar-refractivity contribution is 0.0469. The first-order valence-electron chi connectivity index (χ1n) is 5.83. The lowest BCUT2D eigenvalue weighted by Crippen LogP contribution is -2.42. The summed E-state index contributed by atoms with van der Waals surface area (Å²) in [5.41, 5.74) is 0.422. The van der Waals surface area contributed by atoms with Crippen LogP contribution in [0, 0.1) is 0 Å². The van der Waals surface area contributed by atoms with Crippen molar-refractivity contribution in [1.29, 1.82) is 0 Å². The monoisotopic (exact) mass is 235 g/mol. The van der Waals surface area contributed by atoms with Crippen LogP contribution in [0.25, 0.3) is 0 Å². The summed E-state index contributed by atoms with van der Waals surface area (Å²) < 4.78 is 0. The van der Waals surface area contributed by atoms with E-state index in [1.807, 2.05) is 6.07 Å². The summed E-state index contributed by atoms with van der Waals surface area (Å²) in [7, 11) is 1.77. The maximum absolute atomic E-state index is 12.1. The van der Waals surface area contributed by atoms with Gasteiger partial charge in [-0.1, -0.05) is 6.07 Å². The summed E-state index contributed by atoms with van der Waals surface area (Å²) in [5.74, 6) is 0.564. The molecule has 1 fully saturated rings. The second-order valence-corrected chi connectivity index (χ2v) is 4.21. The predicted molar refractivity (Wildman–Crippen MR) is 64.9 cm³/mol. The number of anilines is 1. The SMILES string of the molecule is CNc1cccc(C(=O)N2CCCC(O)C2)n1. The van der Waals surface area contributed by atoms with Gasteiger partial charge in [-0.05, 0) is 25.0 Å². The van der Waals surface area contributed by atoms with Crippen LogP contribution in [0.3, 0.4) is 0 Å². The molecule has 0 spiro atoms. The van der Waals surface area contributed by atoms with Crippen LogP contribution in [0.4, 0.5) is 5.82 Å². The Hall–Kier alpha value is -1.62. The largest absolute Gasteiger partial charge is 0.391 e. The summed E-state index contributed by atoms with van der Waals surface area (Å²) in [6.45, 7) is 1.10. The Labute approximate surface area is 100 Å². The average molecular weight is 235 g/mol. The zero-order chi connectivity index (χ0) is 12.3. The first-order chi connectivity index (χ1) is 8.20. The number of carbonyl (C=O) groups is 1. The number of carbonyl (C=O) groups excluding carboxylic acids is 1. The molecule has 1 atom stereocenters. The van der Waals surface area contributed by atoms with Crippen molar-refractivity contribution in [1.82, 2.24) is 9.88 Å². The highest BCUT2D eigenvalue weighted by Gasteiger charge is 2.23.